The maximum Gasteiger partial charge on any atom is 0.348 e. The van der Waals surface area contributed by atoms with Crippen molar-refractivity contribution in [2.45, 2.75) is 25.3 Å². The van der Waals surface area contributed by atoms with E-state index in [1.807, 2.05) is 18.2 Å². The summed E-state index contributed by atoms with van der Waals surface area (Å²) in [7, 11) is 0. The first-order chi connectivity index (χ1) is 14.0. The highest BCUT2D eigenvalue weighted by Crippen LogP contribution is 2.30. The standard InChI is InChI=1S/C21H18N2O5S/c24-20(22-17-7-3-5-13-4-1-2-6-16(13)17)12-28-21(25)19-11-14-10-15(23(26)27)8-9-18(14)29-19/h1-2,4,6,8-11,17H,3,5,7,12H2,(H,22,24)/t17-/m1/s1. The van der Waals surface area contributed by atoms with Gasteiger partial charge in [0, 0.05) is 22.2 Å². The van der Waals surface area contributed by atoms with Crippen LogP contribution in [0.5, 0.6) is 0 Å². The van der Waals surface area contributed by atoms with Crippen molar-refractivity contribution in [3.05, 3.63) is 74.6 Å². The highest BCUT2D eigenvalue weighted by molar-refractivity contribution is 7.20. The second-order valence-corrected chi connectivity index (χ2v) is 7.96. The first-order valence-corrected chi connectivity index (χ1v) is 10.0. The number of amides is 1. The maximum absolute atomic E-state index is 12.3. The first-order valence-electron chi connectivity index (χ1n) is 9.23. The van der Waals surface area contributed by atoms with Crippen LogP contribution in [0.1, 0.15) is 39.7 Å². The van der Waals surface area contributed by atoms with E-state index in [1.165, 1.54) is 29.0 Å². The number of non-ortho nitro benzene ring substituents is 1. The van der Waals surface area contributed by atoms with E-state index in [0.29, 0.717) is 10.3 Å². The number of nitro benzene ring substituents is 1. The van der Waals surface area contributed by atoms with Crippen LogP contribution in [0.2, 0.25) is 0 Å². The number of fused-ring (bicyclic) bond motifs is 2. The maximum atomic E-state index is 12.3. The Morgan fingerprint density at radius 1 is 1.21 bits per heavy atom. The summed E-state index contributed by atoms with van der Waals surface area (Å²) < 4.78 is 5.89. The second-order valence-electron chi connectivity index (χ2n) is 6.88. The molecule has 8 heteroatoms. The fraction of sp³-hybridized carbons (Fsp3) is 0.238. The largest absolute Gasteiger partial charge is 0.451 e. The molecule has 4 rings (SSSR count). The van der Waals surface area contributed by atoms with Gasteiger partial charge in [0.2, 0.25) is 0 Å². The van der Waals surface area contributed by atoms with E-state index in [0.717, 1.165) is 29.5 Å². The van der Waals surface area contributed by atoms with Gasteiger partial charge in [-0.3, -0.25) is 14.9 Å². The third kappa shape index (κ3) is 4.12. The van der Waals surface area contributed by atoms with Crippen molar-refractivity contribution in [2.24, 2.45) is 0 Å². The minimum Gasteiger partial charge on any atom is -0.451 e. The summed E-state index contributed by atoms with van der Waals surface area (Å²) in [6, 6.07) is 13.9. The molecule has 1 aliphatic carbocycles. The van der Waals surface area contributed by atoms with Crippen LogP contribution in [-0.4, -0.2) is 23.4 Å². The molecule has 0 saturated heterocycles. The highest BCUT2D eigenvalue weighted by atomic mass is 32.1. The average molecular weight is 410 g/mol. The minimum absolute atomic E-state index is 0.0395. The van der Waals surface area contributed by atoms with Gasteiger partial charge in [-0.2, -0.15) is 0 Å². The van der Waals surface area contributed by atoms with E-state index in [4.69, 9.17) is 4.74 Å². The lowest BCUT2D eigenvalue weighted by Gasteiger charge is -2.26. The predicted molar refractivity (Wildman–Crippen MR) is 109 cm³/mol. The average Bonchev–Trinajstić information content (AvgIpc) is 3.16. The fourth-order valence-corrected chi connectivity index (χ4v) is 4.52. The minimum atomic E-state index is -0.618. The molecular weight excluding hydrogens is 392 g/mol. The Balaban J connectivity index is 1.38. The molecule has 3 aromatic rings. The lowest BCUT2D eigenvalue weighted by molar-refractivity contribution is -0.384. The van der Waals surface area contributed by atoms with Crippen molar-refractivity contribution in [1.29, 1.82) is 0 Å². The van der Waals surface area contributed by atoms with Crippen LogP contribution in [0.3, 0.4) is 0 Å². The Hall–Kier alpha value is -3.26. The van der Waals surface area contributed by atoms with E-state index in [9.17, 15) is 19.7 Å². The zero-order chi connectivity index (χ0) is 20.4. The number of nitrogens with zero attached hydrogens (tertiary/aromatic N) is 1. The number of aryl methyl sites for hydroxylation is 1. The number of nitro groups is 1. The van der Waals surface area contributed by atoms with Gasteiger partial charge in [-0.05, 0) is 42.5 Å². The van der Waals surface area contributed by atoms with Gasteiger partial charge >= 0.3 is 5.97 Å². The van der Waals surface area contributed by atoms with Crippen LogP contribution in [0.25, 0.3) is 10.1 Å². The van der Waals surface area contributed by atoms with Gasteiger partial charge in [-0.15, -0.1) is 11.3 Å². The Morgan fingerprint density at radius 2 is 2.03 bits per heavy atom. The van der Waals surface area contributed by atoms with Crippen LogP contribution >= 0.6 is 11.3 Å². The monoisotopic (exact) mass is 410 g/mol. The molecule has 0 saturated carbocycles. The third-order valence-corrected chi connectivity index (χ3v) is 6.05. The molecule has 0 bridgehead atoms. The number of thiophene rings is 1. The number of nitrogens with one attached hydrogen (secondary N) is 1. The van der Waals surface area contributed by atoms with Crippen molar-refractivity contribution in [2.75, 3.05) is 6.61 Å². The summed E-state index contributed by atoms with van der Waals surface area (Å²) in [6.45, 7) is -0.369. The smallest absolute Gasteiger partial charge is 0.348 e. The summed E-state index contributed by atoms with van der Waals surface area (Å²) in [5, 5.41) is 14.4. The van der Waals surface area contributed by atoms with Gasteiger partial charge in [-0.25, -0.2) is 4.79 Å². The zero-order valence-electron chi connectivity index (χ0n) is 15.4. The van der Waals surface area contributed by atoms with E-state index >= 15 is 0 Å². The van der Waals surface area contributed by atoms with Crippen LogP contribution in [0.15, 0.2) is 48.5 Å². The molecule has 0 spiro atoms. The van der Waals surface area contributed by atoms with Crippen molar-refractivity contribution in [3.63, 3.8) is 0 Å². The van der Waals surface area contributed by atoms with Gasteiger partial charge in [-0.1, -0.05) is 24.3 Å². The van der Waals surface area contributed by atoms with E-state index in [-0.39, 0.29) is 24.2 Å². The molecule has 0 aliphatic heterocycles. The van der Waals surface area contributed by atoms with Gasteiger partial charge in [0.1, 0.15) is 4.88 Å². The molecule has 2 aromatic carbocycles. The topological polar surface area (TPSA) is 98.5 Å². The number of carbonyl (C=O) groups is 2. The van der Waals surface area contributed by atoms with Crippen LogP contribution in [-0.2, 0) is 16.0 Å². The molecular formula is C21H18N2O5S. The van der Waals surface area contributed by atoms with Gasteiger partial charge < -0.3 is 10.1 Å². The van der Waals surface area contributed by atoms with E-state index in [2.05, 4.69) is 11.4 Å². The number of rotatable bonds is 5. The number of benzene rings is 2. The molecule has 148 valence electrons. The molecule has 1 aromatic heterocycles. The quantitative estimate of drug-likeness (QED) is 0.387. The Bertz CT molecular complexity index is 1110. The summed E-state index contributed by atoms with van der Waals surface area (Å²) in [5.41, 5.74) is 2.31. The second kappa shape index (κ2) is 8.00. The first kappa shape index (κ1) is 19.1. The van der Waals surface area contributed by atoms with Crippen LogP contribution < -0.4 is 5.32 Å². The fourth-order valence-electron chi connectivity index (χ4n) is 3.59. The molecule has 29 heavy (non-hydrogen) atoms. The van der Waals surface area contributed by atoms with Gasteiger partial charge in [0.05, 0.1) is 11.0 Å². The van der Waals surface area contributed by atoms with Gasteiger partial charge in [0.25, 0.3) is 11.6 Å². The van der Waals surface area contributed by atoms with Crippen LogP contribution in [0.4, 0.5) is 5.69 Å². The van der Waals surface area contributed by atoms with E-state index in [1.54, 1.807) is 12.1 Å². The molecule has 1 heterocycles. The molecule has 7 nitrogen and oxygen atoms in total. The summed E-state index contributed by atoms with van der Waals surface area (Å²) in [5.74, 6) is -0.968. The van der Waals surface area contributed by atoms with Crippen LogP contribution in [0, 0.1) is 10.1 Å². The highest BCUT2D eigenvalue weighted by Gasteiger charge is 2.22. The molecule has 1 amide bonds. The van der Waals surface area contributed by atoms with Gasteiger partial charge in [0.15, 0.2) is 6.61 Å². The lowest BCUT2D eigenvalue weighted by Crippen LogP contribution is -2.34. The zero-order valence-corrected chi connectivity index (χ0v) is 16.2. The molecule has 0 unspecified atom stereocenters. The number of hydrogen-bond acceptors (Lipinski definition) is 6. The third-order valence-electron chi connectivity index (χ3n) is 4.95. The van der Waals surface area contributed by atoms with Crippen molar-refractivity contribution in [3.8, 4) is 0 Å². The van der Waals surface area contributed by atoms with Crippen molar-refractivity contribution < 1.29 is 19.2 Å². The molecule has 1 aliphatic rings. The SMILES string of the molecule is O=C(COC(=O)c1cc2cc([N+](=O)[O-])ccc2s1)N[C@@H]1CCCc2ccccc21. The normalized spacial score (nSPS) is 15.5. The van der Waals surface area contributed by atoms with Crippen molar-refractivity contribution in [1.82, 2.24) is 5.32 Å². The summed E-state index contributed by atoms with van der Waals surface area (Å²) in [4.78, 5) is 35.3. The van der Waals surface area contributed by atoms with Crippen molar-refractivity contribution >= 4 is 39.0 Å². The molecule has 1 N–H and O–H groups in total. The number of hydrogen-bond donors (Lipinski definition) is 1. The summed E-state index contributed by atoms with van der Waals surface area (Å²) >= 11 is 1.17. The Morgan fingerprint density at radius 3 is 2.86 bits per heavy atom. The molecule has 0 radical (unpaired) electrons. The lowest BCUT2D eigenvalue weighted by atomic mass is 9.88. The molecule has 1 atom stereocenters. The number of esters is 1. The molecule has 0 fully saturated rings. The van der Waals surface area contributed by atoms with E-state index < -0.39 is 10.9 Å². The Kier molecular flexibility index (Phi) is 5.26. The number of ether oxygens (including phenoxy) is 1. The Labute approximate surface area is 170 Å². The predicted octanol–water partition coefficient (Wildman–Crippen LogP) is 4.16. The summed E-state index contributed by atoms with van der Waals surface area (Å²) in [6.07, 6.45) is 2.85. The number of carbonyl (C=O) groups excluding carboxylic acids is 2.